The minimum Gasteiger partial charge on any atom is -0.313 e. The molecule has 3 rings (SSSR count). The van der Waals surface area contributed by atoms with Gasteiger partial charge in [-0.15, -0.1) is 0 Å². The van der Waals surface area contributed by atoms with E-state index in [1.54, 1.807) is 0 Å². The third kappa shape index (κ3) is 1.32. The van der Waals surface area contributed by atoms with Crippen molar-refractivity contribution in [2.24, 2.45) is 17.8 Å². The van der Waals surface area contributed by atoms with Crippen LogP contribution in [0.25, 0.3) is 0 Å². The monoisotopic (exact) mass is 179 g/mol. The molecule has 1 aliphatic heterocycles. The van der Waals surface area contributed by atoms with E-state index in [9.17, 15) is 0 Å². The molecule has 74 valence electrons. The predicted octanol–water partition coefficient (Wildman–Crippen LogP) is 2.56. The first-order valence-corrected chi connectivity index (χ1v) is 6.18. The van der Waals surface area contributed by atoms with Gasteiger partial charge in [-0.2, -0.15) is 0 Å². The van der Waals surface area contributed by atoms with Crippen LogP contribution in [-0.4, -0.2) is 12.6 Å². The van der Waals surface area contributed by atoms with Gasteiger partial charge < -0.3 is 5.32 Å². The largest absolute Gasteiger partial charge is 0.313 e. The molecule has 0 aromatic carbocycles. The first kappa shape index (κ1) is 8.28. The van der Waals surface area contributed by atoms with Crippen LogP contribution in [0.1, 0.15) is 44.9 Å². The maximum atomic E-state index is 3.69. The lowest BCUT2D eigenvalue weighted by molar-refractivity contribution is 0.0611. The van der Waals surface area contributed by atoms with Gasteiger partial charge >= 0.3 is 0 Å². The molecule has 1 heteroatoms. The fourth-order valence-electron chi connectivity index (χ4n) is 3.55. The lowest BCUT2D eigenvalue weighted by Crippen LogP contribution is -2.59. The molecule has 2 unspecified atom stereocenters. The molecular formula is C12H21N. The summed E-state index contributed by atoms with van der Waals surface area (Å²) >= 11 is 0. The molecule has 13 heavy (non-hydrogen) atoms. The van der Waals surface area contributed by atoms with Gasteiger partial charge in [-0.3, -0.25) is 0 Å². The second-order valence-electron chi connectivity index (χ2n) is 5.33. The van der Waals surface area contributed by atoms with Crippen molar-refractivity contribution in [1.29, 1.82) is 0 Å². The van der Waals surface area contributed by atoms with Crippen molar-refractivity contribution in [2.75, 3.05) is 6.54 Å². The van der Waals surface area contributed by atoms with E-state index in [-0.39, 0.29) is 0 Å². The Bertz CT molecular complexity index is 180. The molecule has 1 heterocycles. The van der Waals surface area contributed by atoms with Gasteiger partial charge in [0.15, 0.2) is 0 Å². The minimum atomic E-state index is 0.938. The van der Waals surface area contributed by atoms with Crippen LogP contribution in [0.3, 0.4) is 0 Å². The number of rotatable bonds is 2. The zero-order valence-electron chi connectivity index (χ0n) is 8.47. The lowest BCUT2D eigenvalue weighted by Gasteiger charge is -2.49. The smallest absolute Gasteiger partial charge is 0.0138 e. The average molecular weight is 179 g/mol. The fraction of sp³-hybridized carbons (Fsp3) is 1.00. The highest BCUT2D eigenvalue weighted by Gasteiger charge is 2.43. The van der Waals surface area contributed by atoms with Gasteiger partial charge in [0.2, 0.25) is 0 Å². The van der Waals surface area contributed by atoms with Gasteiger partial charge in [-0.05, 0) is 37.1 Å². The highest BCUT2D eigenvalue weighted by atomic mass is 15.0. The normalized spacial score (nSPS) is 41.5. The van der Waals surface area contributed by atoms with Crippen LogP contribution in [-0.2, 0) is 0 Å². The molecule has 0 amide bonds. The summed E-state index contributed by atoms with van der Waals surface area (Å²) in [6.07, 6.45) is 10.6. The lowest BCUT2D eigenvalue weighted by atomic mass is 9.66. The van der Waals surface area contributed by atoms with Crippen LogP contribution >= 0.6 is 0 Å². The third-order valence-electron chi connectivity index (χ3n) is 4.71. The van der Waals surface area contributed by atoms with Crippen LogP contribution in [0, 0.1) is 17.8 Å². The Morgan fingerprint density at radius 1 is 0.769 bits per heavy atom. The van der Waals surface area contributed by atoms with E-state index in [4.69, 9.17) is 0 Å². The molecule has 1 N–H and O–H groups in total. The summed E-state index contributed by atoms with van der Waals surface area (Å²) < 4.78 is 0. The Labute approximate surface area is 81.3 Å². The number of hydrogen-bond donors (Lipinski definition) is 1. The summed E-state index contributed by atoms with van der Waals surface area (Å²) in [6.45, 7) is 1.34. The van der Waals surface area contributed by atoms with Gasteiger partial charge in [0, 0.05) is 6.04 Å². The Hall–Kier alpha value is -0.0400. The molecule has 0 spiro atoms. The van der Waals surface area contributed by atoms with Crippen LogP contribution in [0.4, 0.5) is 0 Å². The second-order valence-corrected chi connectivity index (χ2v) is 5.33. The van der Waals surface area contributed by atoms with E-state index in [0.717, 1.165) is 23.8 Å². The molecule has 2 aliphatic carbocycles. The van der Waals surface area contributed by atoms with E-state index < -0.39 is 0 Å². The highest BCUT2D eigenvalue weighted by molar-refractivity contribution is 4.98. The van der Waals surface area contributed by atoms with Crippen molar-refractivity contribution in [3.63, 3.8) is 0 Å². The number of hydrogen-bond acceptors (Lipinski definition) is 1. The molecular weight excluding hydrogens is 158 g/mol. The summed E-state index contributed by atoms with van der Waals surface area (Å²) in [4.78, 5) is 0. The van der Waals surface area contributed by atoms with E-state index in [0.29, 0.717) is 0 Å². The van der Waals surface area contributed by atoms with Crippen LogP contribution in [0.15, 0.2) is 0 Å². The minimum absolute atomic E-state index is 0.938. The van der Waals surface area contributed by atoms with Gasteiger partial charge in [0.1, 0.15) is 0 Å². The third-order valence-corrected chi connectivity index (χ3v) is 4.71. The molecule has 3 aliphatic rings. The average Bonchev–Trinajstić information content (AvgIpc) is 2.46. The van der Waals surface area contributed by atoms with Crippen molar-refractivity contribution in [3.8, 4) is 0 Å². The standard InChI is InChI=1S/C12H21N/c1-2-5-10(4-1)12-11(8-13-12)9-6-3-7-9/h9-13H,1-8H2. The van der Waals surface area contributed by atoms with E-state index >= 15 is 0 Å². The molecule has 0 radical (unpaired) electrons. The molecule has 0 aromatic rings. The summed E-state index contributed by atoms with van der Waals surface area (Å²) in [7, 11) is 0. The highest BCUT2D eigenvalue weighted by Crippen LogP contribution is 2.43. The van der Waals surface area contributed by atoms with Gasteiger partial charge in [0.05, 0.1) is 0 Å². The predicted molar refractivity (Wildman–Crippen MR) is 54.6 cm³/mol. The molecule has 1 saturated heterocycles. The van der Waals surface area contributed by atoms with Crippen molar-refractivity contribution in [2.45, 2.75) is 51.0 Å². The van der Waals surface area contributed by atoms with Crippen molar-refractivity contribution < 1.29 is 0 Å². The first-order valence-electron chi connectivity index (χ1n) is 6.18. The van der Waals surface area contributed by atoms with Crippen molar-refractivity contribution >= 4 is 0 Å². The summed E-state index contributed by atoms with van der Waals surface area (Å²) in [6, 6.07) is 0.938. The molecule has 2 atom stereocenters. The first-order chi connectivity index (χ1) is 6.45. The summed E-state index contributed by atoms with van der Waals surface area (Å²) in [5.74, 6) is 3.25. The number of nitrogens with one attached hydrogen (secondary N) is 1. The van der Waals surface area contributed by atoms with Gasteiger partial charge in [0.25, 0.3) is 0 Å². The SMILES string of the molecule is C1CC(C2CNC2C2CCCC2)C1. The molecule has 0 bridgehead atoms. The van der Waals surface area contributed by atoms with E-state index in [1.807, 2.05) is 0 Å². The Balaban J connectivity index is 1.58. The van der Waals surface area contributed by atoms with Crippen LogP contribution < -0.4 is 5.32 Å². The van der Waals surface area contributed by atoms with Crippen molar-refractivity contribution in [3.05, 3.63) is 0 Å². The molecule has 3 fully saturated rings. The summed E-state index contributed by atoms with van der Waals surface area (Å²) in [5.41, 5.74) is 0. The molecule has 0 aromatic heterocycles. The fourth-order valence-corrected chi connectivity index (χ4v) is 3.55. The quantitative estimate of drug-likeness (QED) is 0.687. The second kappa shape index (κ2) is 3.27. The summed E-state index contributed by atoms with van der Waals surface area (Å²) in [5, 5.41) is 3.69. The van der Waals surface area contributed by atoms with E-state index in [1.165, 1.54) is 51.5 Å². The topological polar surface area (TPSA) is 12.0 Å². The molecule has 2 saturated carbocycles. The Kier molecular flexibility index (Phi) is 2.08. The van der Waals surface area contributed by atoms with E-state index in [2.05, 4.69) is 5.32 Å². The zero-order chi connectivity index (χ0) is 8.67. The Morgan fingerprint density at radius 2 is 1.46 bits per heavy atom. The van der Waals surface area contributed by atoms with Crippen LogP contribution in [0.2, 0.25) is 0 Å². The van der Waals surface area contributed by atoms with Gasteiger partial charge in [-0.25, -0.2) is 0 Å². The van der Waals surface area contributed by atoms with Gasteiger partial charge in [-0.1, -0.05) is 32.1 Å². The molecule has 1 nitrogen and oxygen atoms in total. The zero-order valence-corrected chi connectivity index (χ0v) is 8.47. The maximum Gasteiger partial charge on any atom is 0.0138 e. The van der Waals surface area contributed by atoms with Crippen LogP contribution in [0.5, 0.6) is 0 Å². The Morgan fingerprint density at radius 3 is 1.92 bits per heavy atom. The maximum absolute atomic E-state index is 3.69. The van der Waals surface area contributed by atoms with Crippen molar-refractivity contribution in [1.82, 2.24) is 5.32 Å².